The van der Waals surface area contributed by atoms with Gasteiger partial charge < -0.3 is 9.84 Å². The SMILES string of the molecule is O=C(NC(c1ccccc1)c1ccccc1)c1noc2c1CCCC2. The molecule has 4 nitrogen and oxygen atoms in total. The number of hydrogen-bond donors (Lipinski definition) is 1. The largest absolute Gasteiger partial charge is 0.360 e. The lowest BCUT2D eigenvalue weighted by Crippen LogP contribution is -2.30. The molecule has 25 heavy (non-hydrogen) atoms. The van der Waals surface area contributed by atoms with E-state index in [1.807, 2.05) is 60.7 Å². The molecule has 4 rings (SSSR count). The van der Waals surface area contributed by atoms with E-state index < -0.39 is 0 Å². The van der Waals surface area contributed by atoms with Crippen molar-refractivity contribution in [2.24, 2.45) is 0 Å². The number of hydrogen-bond acceptors (Lipinski definition) is 3. The lowest BCUT2D eigenvalue weighted by atomic mass is 9.95. The van der Waals surface area contributed by atoms with Crippen molar-refractivity contribution in [2.75, 3.05) is 0 Å². The van der Waals surface area contributed by atoms with Crippen molar-refractivity contribution >= 4 is 5.91 Å². The molecule has 0 radical (unpaired) electrons. The summed E-state index contributed by atoms with van der Waals surface area (Å²) in [6, 6.07) is 19.8. The fraction of sp³-hybridized carbons (Fsp3) is 0.238. The van der Waals surface area contributed by atoms with E-state index in [0.29, 0.717) is 5.69 Å². The second-order valence-electron chi connectivity index (χ2n) is 6.37. The van der Waals surface area contributed by atoms with E-state index in [4.69, 9.17) is 4.52 Å². The molecule has 0 saturated heterocycles. The number of carbonyl (C=O) groups excluding carboxylic acids is 1. The quantitative estimate of drug-likeness (QED) is 0.783. The van der Waals surface area contributed by atoms with Gasteiger partial charge in [-0.2, -0.15) is 0 Å². The molecule has 0 atom stereocenters. The summed E-state index contributed by atoms with van der Waals surface area (Å²) < 4.78 is 5.39. The summed E-state index contributed by atoms with van der Waals surface area (Å²) in [6.45, 7) is 0. The molecule has 0 saturated carbocycles. The second-order valence-corrected chi connectivity index (χ2v) is 6.37. The van der Waals surface area contributed by atoms with Gasteiger partial charge in [0.2, 0.25) is 0 Å². The predicted octanol–water partition coefficient (Wildman–Crippen LogP) is 4.07. The first kappa shape index (κ1) is 15.6. The van der Waals surface area contributed by atoms with Gasteiger partial charge in [-0.05, 0) is 30.4 Å². The van der Waals surface area contributed by atoms with Crippen LogP contribution in [-0.4, -0.2) is 11.1 Å². The smallest absolute Gasteiger partial charge is 0.274 e. The van der Waals surface area contributed by atoms with Crippen molar-refractivity contribution in [3.05, 3.63) is 88.8 Å². The average Bonchev–Trinajstić information content (AvgIpc) is 3.11. The molecular weight excluding hydrogens is 312 g/mol. The number of nitrogens with zero attached hydrogens (tertiary/aromatic N) is 1. The van der Waals surface area contributed by atoms with Crippen LogP contribution in [0, 0.1) is 0 Å². The van der Waals surface area contributed by atoms with Gasteiger partial charge in [-0.25, -0.2) is 0 Å². The van der Waals surface area contributed by atoms with Crippen LogP contribution >= 0.6 is 0 Å². The molecule has 1 aliphatic carbocycles. The van der Waals surface area contributed by atoms with E-state index in [9.17, 15) is 4.79 Å². The minimum atomic E-state index is -0.217. The van der Waals surface area contributed by atoms with Crippen molar-refractivity contribution in [3.63, 3.8) is 0 Å². The predicted molar refractivity (Wildman–Crippen MR) is 95.3 cm³/mol. The zero-order valence-electron chi connectivity index (χ0n) is 13.9. The van der Waals surface area contributed by atoms with E-state index in [0.717, 1.165) is 48.1 Å². The maximum atomic E-state index is 12.9. The zero-order chi connectivity index (χ0) is 17.1. The zero-order valence-corrected chi connectivity index (χ0v) is 13.9. The van der Waals surface area contributed by atoms with Crippen LogP contribution in [-0.2, 0) is 12.8 Å². The fourth-order valence-electron chi connectivity index (χ4n) is 3.41. The number of aromatic nitrogens is 1. The normalized spacial score (nSPS) is 13.5. The molecule has 4 heteroatoms. The van der Waals surface area contributed by atoms with E-state index in [1.165, 1.54) is 0 Å². The maximum Gasteiger partial charge on any atom is 0.274 e. The summed E-state index contributed by atoms with van der Waals surface area (Å²) in [5.74, 6) is 0.692. The van der Waals surface area contributed by atoms with Crippen LogP contribution in [0.5, 0.6) is 0 Å². The van der Waals surface area contributed by atoms with Crippen molar-refractivity contribution in [1.29, 1.82) is 0 Å². The van der Waals surface area contributed by atoms with E-state index in [2.05, 4.69) is 10.5 Å². The molecule has 0 bridgehead atoms. The van der Waals surface area contributed by atoms with Crippen molar-refractivity contribution < 1.29 is 9.32 Å². The summed E-state index contributed by atoms with van der Waals surface area (Å²) in [5.41, 5.74) is 3.49. The van der Waals surface area contributed by atoms with Crippen LogP contribution < -0.4 is 5.32 Å². The molecule has 1 heterocycles. The Morgan fingerprint density at radius 3 is 2.16 bits per heavy atom. The first-order chi connectivity index (χ1) is 12.3. The summed E-state index contributed by atoms with van der Waals surface area (Å²) in [6.07, 6.45) is 3.91. The Labute approximate surface area is 146 Å². The van der Waals surface area contributed by atoms with Crippen molar-refractivity contribution in [1.82, 2.24) is 10.5 Å². The van der Waals surface area contributed by atoms with Crippen LogP contribution in [0.4, 0.5) is 0 Å². The highest BCUT2D eigenvalue weighted by Gasteiger charge is 2.26. The monoisotopic (exact) mass is 332 g/mol. The standard InChI is InChI=1S/C21H20N2O2/c24-21(20-17-13-7-8-14-18(17)25-23-20)22-19(15-9-3-1-4-10-15)16-11-5-2-6-12-16/h1-6,9-12,19H,7-8,13-14H2,(H,22,24). The van der Waals surface area contributed by atoms with Gasteiger partial charge >= 0.3 is 0 Å². The Bertz CT molecular complexity index is 817. The van der Waals surface area contributed by atoms with Gasteiger partial charge in [-0.15, -0.1) is 0 Å². The van der Waals surface area contributed by atoms with E-state index in [-0.39, 0.29) is 11.9 Å². The van der Waals surface area contributed by atoms with Crippen molar-refractivity contribution in [2.45, 2.75) is 31.7 Å². The first-order valence-electron chi connectivity index (χ1n) is 8.71. The maximum absolute atomic E-state index is 12.9. The molecule has 3 aromatic rings. The van der Waals surface area contributed by atoms with Gasteiger partial charge in [0.05, 0.1) is 6.04 Å². The number of amides is 1. The highest BCUT2D eigenvalue weighted by atomic mass is 16.5. The molecule has 0 fully saturated rings. The summed E-state index contributed by atoms with van der Waals surface area (Å²) in [5, 5.41) is 7.19. The Morgan fingerprint density at radius 1 is 0.920 bits per heavy atom. The minimum Gasteiger partial charge on any atom is -0.360 e. The molecule has 0 spiro atoms. The molecule has 0 aliphatic heterocycles. The van der Waals surface area contributed by atoms with Gasteiger partial charge in [-0.1, -0.05) is 65.8 Å². The summed E-state index contributed by atoms with van der Waals surface area (Å²) in [7, 11) is 0. The lowest BCUT2D eigenvalue weighted by molar-refractivity contribution is 0.0933. The highest BCUT2D eigenvalue weighted by molar-refractivity contribution is 5.94. The van der Waals surface area contributed by atoms with Gasteiger partial charge in [0.15, 0.2) is 5.69 Å². The van der Waals surface area contributed by atoms with Crippen LogP contribution in [0.15, 0.2) is 65.2 Å². The first-order valence-corrected chi connectivity index (χ1v) is 8.71. The van der Waals surface area contributed by atoms with E-state index in [1.54, 1.807) is 0 Å². The van der Waals surface area contributed by atoms with Gasteiger partial charge in [0.1, 0.15) is 5.76 Å². The number of benzene rings is 2. The third kappa shape index (κ3) is 3.20. The Balaban J connectivity index is 1.65. The van der Waals surface area contributed by atoms with Gasteiger partial charge in [0, 0.05) is 12.0 Å². The van der Waals surface area contributed by atoms with Crippen LogP contribution in [0.1, 0.15) is 51.8 Å². The summed E-state index contributed by atoms with van der Waals surface area (Å²) in [4.78, 5) is 12.9. The Hall–Kier alpha value is -2.88. The van der Waals surface area contributed by atoms with Gasteiger partial charge in [0.25, 0.3) is 5.91 Å². The average molecular weight is 332 g/mol. The Morgan fingerprint density at radius 2 is 1.52 bits per heavy atom. The summed E-state index contributed by atoms with van der Waals surface area (Å²) >= 11 is 0. The van der Waals surface area contributed by atoms with Crippen LogP contribution in [0.25, 0.3) is 0 Å². The number of carbonyl (C=O) groups is 1. The number of nitrogens with one attached hydrogen (secondary N) is 1. The molecule has 1 amide bonds. The molecule has 126 valence electrons. The number of rotatable bonds is 4. The fourth-order valence-corrected chi connectivity index (χ4v) is 3.41. The van der Waals surface area contributed by atoms with E-state index >= 15 is 0 Å². The lowest BCUT2D eigenvalue weighted by Gasteiger charge is -2.19. The molecule has 0 unspecified atom stereocenters. The number of fused-ring (bicyclic) bond motifs is 1. The minimum absolute atomic E-state index is 0.176. The third-order valence-corrected chi connectivity index (χ3v) is 4.71. The molecular formula is C21H20N2O2. The van der Waals surface area contributed by atoms with Crippen LogP contribution in [0.3, 0.4) is 0 Å². The van der Waals surface area contributed by atoms with Crippen LogP contribution in [0.2, 0.25) is 0 Å². The highest BCUT2D eigenvalue weighted by Crippen LogP contribution is 2.26. The van der Waals surface area contributed by atoms with Gasteiger partial charge in [-0.3, -0.25) is 4.79 Å². The number of aryl methyl sites for hydroxylation is 1. The topological polar surface area (TPSA) is 55.1 Å². The Kier molecular flexibility index (Phi) is 4.34. The molecule has 2 aromatic carbocycles. The molecule has 1 aliphatic rings. The third-order valence-electron chi connectivity index (χ3n) is 4.71. The molecule has 1 aromatic heterocycles. The second kappa shape index (κ2) is 6.93. The molecule has 1 N–H and O–H groups in total. The van der Waals surface area contributed by atoms with Crippen molar-refractivity contribution in [3.8, 4) is 0 Å².